The summed E-state index contributed by atoms with van der Waals surface area (Å²) in [5.74, 6) is 0.865. The third-order valence-electron chi connectivity index (χ3n) is 3.34. The molecule has 1 heterocycles. The molecule has 22 heavy (non-hydrogen) atoms. The molecule has 0 amide bonds. The minimum atomic E-state index is 0.755. The summed E-state index contributed by atoms with van der Waals surface area (Å²) in [7, 11) is 5.73. The molecule has 0 saturated carbocycles. The second-order valence-corrected chi connectivity index (χ2v) is 5.67. The van der Waals surface area contributed by atoms with E-state index in [0.29, 0.717) is 0 Å². The van der Waals surface area contributed by atoms with E-state index in [1.165, 1.54) is 5.56 Å². The van der Waals surface area contributed by atoms with Gasteiger partial charge in [-0.1, -0.05) is 23.7 Å². The fourth-order valence-electron chi connectivity index (χ4n) is 2.29. The zero-order valence-electron chi connectivity index (χ0n) is 13.3. The van der Waals surface area contributed by atoms with Crippen molar-refractivity contribution in [3.05, 3.63) is 52.8 Å². The topological polar surface area (TPSA) is 45.5 Å². The first-order valence-electron chi connectivity index (χ1n) is 7.22. The number of aromatic nitrogens is 2. The van der Waals surface area contributed by atoms with Crippen molar-refractivity contribution in [2.75, 3.05) is 20.6 Å². The molecule has 0 radical (unpaired) electrons. The Bertz CT molecular complexity index is 635. The number of hydrogen-bond donors (Lipinski definition) is 1. The van der Waals surface area contributed by atoms with Gasteiger partial charge in [0.05, 0.1) is 6.20 Å². The van der Waals surface area contributed by atoms with E-state index in [1.807, 2.05) is 49.4 Å². The summed E-state index contributed by atoms with van der Waals surface area (Å²) in [5, 5.41) is 8.29. The Hall–Kier alpha value is -2.01. The summed E-state index contributed by atoms with van der Waals surface area (Å²) in [6.07, 6.45) is 4.83. The van der Waals surface area contributed by atoms with Gasteiger partial charge in [-0.05, 0) is 29.7 Å². The Kier molecular flexibility index (Phi) is 5.83. The van der Waals surface area contributed by atoms with Crippen LogP contribution in [-0.4, -0.2) is 41.3 Å². The maximum Gasteiger partial charge on any atom is 0.193 e. The van der Waals surface area contributed by atoms with Crippen molar-refractivity contribution in [3.63, 3.8) is 0 Å². The zero-order chi connectivity index (χ0) is 15.9. The van der Waals surface area contributed by atoms with Crippen LogP contribution in [0.3, 0.4) is 0 Å². The van der Waals surface area contributed by atoms with Crippen molar-refractivity contribution in [2.45, 2.75) is 13.0 Å². The van der Waals surface area contributed by atoms with Crippen LogP contribution < -0.4 is 5.32 Å². The lowest BCUT2D eigenvalue weighted by Gasteiger charge is -2.22. The first-order chi connectivity index (χ1) is 10.6. The summed E-state index contributed by atoms with van der Waals surface area (Å²) >= 11 is 6.02. The lowest BCUT2D eigenvalue weighted by Crippen LogP contribution is -2.39. The maximum atomic E-state index is 6.02. The predicted molar refractivity (Wildman–Crippen MR) is 91.2 cm³/mol. The van der Waals surface area contributed by atoms with Crippen molar-refractivity contribution in [3.8, 4) is 0 Å². The molecule has 0 saturated heterocycles. The van der Waals surface area contributed by atoms with Gasteiger partial charge in [-0.3, -0.25) is 9.67 Å². The molecule has 1 aromatic carbocycles. The second-order valence-electron chi connectivity index (χ2n) is 5.23. The Morgan fingerprint density at radius 2 is 2.23 bits per heavy atom. The molecule has 0 atom stereocenters. The maximum absolute atomic E-state index is 6.02. The van der Waals surface area contributed by atoms with E-state index in [4.69, 9.17) is 11.6 Å². The number of rotatable bonds is 5. The average molecular weight is 320 g/mol. The van der Waals surface area contributed by atoms with Crippen LogP contribution >= 0.6 is 11.6 Å². The van der Waals surface area contributed by atoms with Gasteiger partial charge in [0.1, 0.15) is 0 Å². The molecule has 0 aliphatic carbocycles. The molecular weight excluding hydrogens is 298 g/mol. The molecular formula is C16H22ClN5. The molecule has 1 aromatic heterocycles. The van der Waals surface area contributed by atoms with E-state index in [1.54, 1.807) is 7.05 Å². The molecule has 2 aromatic rings. The highest BCUT2D eigenvalue weighted by molar-refractivity contribution is 6.30. The van der Waals surface area contributed by atoms with Gasteiger partial charge in [-0.2, -0.15) is 5.10 Å². The minimum absolute atomic E-state index is 0.755. The third-order valence-corrected chi connectivity index (χ3v) is 3.57. The fourth-order valence-corrected chi connectivity index (χ4v) is 2.50. The number of halogens is 1. The number of nitrogens with one attached hydrogen (secondary N) is 1. The third kappa shape index (κ3) is 4.77. The van der Waals surface area contributed by atoms with Gasteiger partial charge in [0, 0.05) is 45.5 Å². The Morgan fingerprint density at radius 1 is 1.41 bits per heavy atom. The van der Waals surface area contributed by atoms with Gasteiger partial charge >= 0.3 is 0 Å². The van der Waals surface area contributed by atoms with Gasteiger partial charge in [-0.15, -0.1) is 0 Å². The van der Waals surface area contributed by atoms with Crippen molar-refractivity contribution in [2.24, 2.45) is 12.0 Å². The highest BCUT2D eigenvalue weighted by atomic mass is 35.5. The van der Waals surface area contributed by atoms with Crippen molar-refractivity contribution in [1.29, 1.82) is 0 Å². The molecule has 2 rings (SSSR count). The summed E-state index contributed by atoms with van der Waals surface area (Å²) in [4.78, 5) is 6.40. The fraction of sp³-hybridized carbons (Fsp3) is 0.375. The number of aliphatic imine (C=N–C) groups is 1. The largest absolute Gasteiger partial charge is 0.356 e. The number of nitrogens with zero attached hydrogens (tertiary/aromatic N) is 4. The van der Waals surface area contributed by atoms with Gasteiger partial charge in [0.2, 0.25) is 0 Å². The highest BCUT2D eigenvalue weighted by Gasteiger charge is 2.07. The second kappa shape index (κ2) is 7.84. The Balaban J connectivity index is 1.85. The predicted octanol–water partition coefficient (Wildman–Crippen LogP) is 2.32. The molecule has 0 fully saturated rings. The molecule has 0 aliphatic rings. The van der Waals surface area contributed by atoms with E-state index in [9.17, 15) is 0 Å². The normalized spacial score (nSPS) is 11.5. The van der Waals surface area contributed by atoms with Crippen molar-refractivity contribution in [1.82, 2.24) is 20.0 Å². The van der Waals surface area contributed by atoms with Crippen LogP contribution in [0.4, 0.5) is 0 Å². The minimum Gasteiger partial charge on any atom is -0.356 e. The summed E-state index contributed by atoms with van der Waals surface area (Å²) in [6, 6.07) is 7.88. The van der Waals surface area contributed by atoms with E-state index in [0.717, 1.165) is 36.1 Å². The highest BCUT2D eigenvalue weighted by Crippen LogP contribution is 2.12. The number of guanidine groups is 1. The van der Waals surface area contributed by atoms with Crippen LogP contribution in [0.1, 0.15) is 11.1 Å². The molecule has 1 N–H and O–H groups in total. The molecule has 0 bridgehead atoms. The Morgan fingerprint density at radius 3 is 2.86 bits per heavy atom. The quantitative estimate of drug-likeness (QED) is 0.679. The van der Waals surface area contributed by atoms with E-state index in [-0.39, 0.29) is 0 Å². The monoisotopic (exact) mass is 319 g/mol. The molecule has 0 unspecified atom stereocenters. The molecule has 0 spiro atoms. The van der Waals surface area contributed by atoms with Gasteiger partial charge in [0.25, 0.3) is 0 Å². The van der Waals surface area contributed by atoms with Crippen LogP contribution in [-0.2, 0) is 20.0 Å². The molecule has 6 heteroatoms. The van der Waals surface area contributed by atoms with Crippen molar-refractivity contribution >= 4 is 17.6 Å². The van der Waals surface area contributed by atoms with Gasteiger partial charge in [-0.25, -0.2) is 0 Å². The summed E-state index contributed by atoms with van der Waals surface area (Å²) in [6.45, 7) is 1.57. The zero-order valence-corrected chi connectivity index (χ0v) is 14.0. The first kappa shape index (κ1) is 16.4. The van der Waals surface area contributed by atoms with Gasteiger partial charge in [0.15, 0.2) is 5.96 Å². The van der Waals surface area contributed by atoms with Crippen LogP contribution in [0.2, 0.25) is 5.02 Å². The van der Waals surface area contributed by atoms with Crippen LogP contribution in [0.15, 0.2) is 41.7 Å². The number of aryl methyl sites for hydroxylation is 1. The summed E-state index contributed by atoms with van der Waals surface area (Å²) < 4.78 is 1.81. The lowest BCUT2D eigenvalue weighted by atomic mass is 10.2. The van der Waals surface area contributed by atoms with E-state index in [2.05, 4.69) is 26.4 Å². The summed E-state index contributed by atoms with van der Waals surface area (Å²) in [5.41, 5.74) is 2.37. The van der Waals surface area contributed by atoms with Crippen LogP contribution in [0.25, 0.3) is 0 Å². The average Bonchev–Trinajstić information content (AvgIpc) is 2.89. The molecule has 5 nitrogen and oxygen atoms in total. The number of benzene rings is 1. The van der Waals surface area contributed by atoms with E-state index >= 15 is 0 Å². The SMILES string of the molecule is CN=C(NCCc1cnn(C)c1)N(C)Cc1cccc(Cl)c1. The Labute approximate surface area is 136 Å². The lowest BCUT2D eigenvalue weighted by molar-refractivity contribution is 0.477. The van der Waals surface area contributed by atoms with Crippen LogP contribution in [0.5, 0.6) is 0 Å². The molecule has 118 valence electrons. The standard InChI is InChI=1S/C16H22ClN5/c1-18-16(19-8-7-14-10-20-22(3)12-14)21(2)11-13-5-4-6-15(17)9-13/h4-6,9-10,12H,7-8,11H2,1-3H3,(H,18,19). The molecule has 0 aliphatic heterocycles. The van der Waals surface area contributed by atoms with Crippen LogP contribution in [0, 0.1) is 0 Å². The first-order valence-corrected chi connectivity index (χ1v) is 7.60. The number of hydrogen-bond acceptors (Lipinski definition) is 2. The smallest absolute Gasteiger partial charge is 0.193 e. The van der Waals surface area contributed by atoms with Crippen molar-refractivity contribution < 1.29 is 0 Å². The van der Waals surface area contributed by atoms with Gasteiger partial charge < -0.3 is 10.2 Å². The van der Waals surface area contributed by atoms with E-state index < -0.39 is 0 Å².